The van der Waals surface area contributed by atoms with Gasteiger partial charge < -0.3 is 5.73 Å². The number of piperidine rings is 1. The standard InChI is InChI=1S/C9H14BrN5OS/c10-7-5-12-9(17-7)13-8(16)14-15-3-1-6(11)2-4-15/h5-6H,1-4,11H2,(H2,12,13,14,16). The molecular weight excluding hydrogens is 306 g/mol. The number of nitrogens with two attached hydrogens (primary N) is 1. The van der Waals surface area contributed by atoms with Gasteiger partial charge in [0.2, 0.25) is 0 Å². The Balaban J connectivity index is 1.77. The summed E-state index contributed by atoms with van der Waals surface area (Å²) in [6.07, 6.45) is 3.46. The van der Waals surface area contributed by atoms with Gasteiger partial charge in [-0.1, -0.05) is 11.3 Å². The molecule has 8 heteroatoms. The van der Waals surface area contributed by atoms with Crippen LogP contribution in [0.15, 0.2) is 9.98 Å². The number of halogens is 1. The maximum absolute atomic E-state index is 11.6. The molecule has 1 saturated heterocycles. The van der Waals surface area contributed by atoms with Crippen LogP contribution in [0.3, 0.4) is 0 Å². The summed E-state index contributed by atoms with van der Waals surface area (Å²) in [5, 5.41) is 5.12. The number of amides is 2. The SMILES string of the molecule is NC1CCN(NC(=O)Nc2ncc(Br)s2)CC1. The Bertz CT molecular complexity index is 390. The van der Waals surface area contributed by atoms with Crippen molar-refractivity contribution in [3.05, 3.63) is 9.98 Å². The topological polar surface area (TPSA) is 83.3 Å². The van der Waals surface area contributed by atoms with Crippen molar-refractivity contribution in [3.8, 4) is 0 Å². The van der Waals surface area contributed by atoms with E-state index in [0.717, 1.165) is 29.7 Å². The van der Waals surface area contributed by atoms with E-state index in [1.807, 2.05) is 5.01 Å². The Morgan fingerprint density at radius 3 is 2.88 bits per heavy atom. The first-order valence-electron chi connectivity index (χ1n) is 5.33. The molecule has 0 aromatic carbocycles. The van der Waals surface area contributed by atoms with E-state index in [9.17, 15) is 4.79 Å². The van der Waals surface area contributed by atoms with Crippen LogP contribution in [-0.4, -0.2) is 35.2 Å². The van der Waals surface area contributed by atoms with Crippen LogP contribution in [0.5, 0.6) is 0 Å². The average molecular weight is 320 g/mol. The molecule has 0 spiro atoms. The first-order valence-corrected chi connectivity index (χ1v) is 6.94. The van der Waals surface area contributed by atoms with Crippen molar-refractivity contribution in [2.75, 3.05) is 18.4 Å². The number of carbonyl (C=O) groups excluding carboxylic acids is 1. The average Bonchev–Trinajstić information content (AvgIpc) is 2.67. The molecule has 2 amide bonds. The van der Waals surface area contributed by atoms with Gasteiger partial charge in [0.25, 0.3) is 0 Å². The van der Waals surface area contributed by atoms with Crippen molar-refractivity contribution < 1.29 is 4.79 Å². The lowest BCUT2D eigenvalue weighted by molar-refractivity contribution is 0.153. The minimum Gasteiger partial charge on any atom is -0.328 e. The van der Waals surface area contributed by atoms with E-state index >= 15 is 0 Å². The molecule has 0 bridgehead atoms. The molecule has 0 saturated carbocycles. The summed E-state index contributed by atoms with van der Waals surface area (Å²) in [6.45, 7) is 1.58. The largest absolute Gasteiger partial charge is 0.335 e. The quantitative estimate of drug-likeness (QED) is 0.768. The molecule has 1 aliphatic heterocycles. The second-order valence-corrected chi connectivity index (χ2v) is 6.27. The van der Waals surface area contributed by atoms with E-state index in [4.69, 9.17) is 5.73 Å². The van der Waals surface area contributed by atoms with Gasteiger partial charge in [-0.05, 0) is 28.8 Å². The van der Waals surface area contributed by atoms with E-state index < -0.39 is 0 Å². The zero-order valence-corrected chi connectivity index (χ0v) is 11.6. The number of thiazole rings is 1. The van der Waals surface area contributed by atoms with Crippen LogP contribution in [0.1, 0.15) is 12.8 Å². The van der Waals surface area contributed by atoms with Crippen molar-refractivity contribution in [1.82, 2.24) is 15.4 Å². The Morgan fingerprint density at radius 2 is 2.29 bits per heavy atom. The van der Waals surface area contributed by atoms with E-state index in [-0.39, 0.29) is 12.1 Å². The van der Waals surface area contributed by atoms with Crippen LogP contribution in [0.25, 0.3) is 0 Å². The highest BCUT2D eigenvalue weighted by Crippen LogP contribution is 2.22. The van der Waals surface area contributed by atoms with Gasteiger partial charge in [0.05, 0.1) is 9.98 Å². The molecule has 1 fully saturated rings. The van der Waals surface area contributed by atoms with Crippen LogP contribution in [0.4, 0.5) is 9.93 Å². The summed E-state index contributed by atoms with van der Waals surface area (Å²) < 4.78 is 0.886. The third-order valence-corrected chi connectivity index (χ3v) is 3.89. The van der Waals surface area contributed by atoms with Gasteiger partial charge in [-0.15, -0.1) is 0 Å². The van der Waals surface area contributed by atoms with Gasteiger partial charge in [-0.25, -0.2) is 14.8 Å². The van der Waals surface area contributed by atoms with Crippen molar-refractivity contribution in [2.45, 2.75) is 18.9 Å². The Labute approximate surface area is 112 Å². The van der Waals surface area contributed by atoms with Gasteiger partial charge >= 0.3 is 6.03 Å². The van der Waals surface area contributed by atoms with E-state index in [2.05, 4.69) is 31.7 Å². The summed E-state index contributed by atoms with van der Waals surface area (Å²) in [6, 6.07) is -0.00616. The zero-order chi connectivity index (χ0) is 12.3. The molecular formula is C9H14BrN5OS. The molecule has 94 valence electrons. The van der Waals surface area contributed by atoms with Gasteiger partial charge in [0.15, 0.2) is 5.13 Å². The first-order chi connectivity index (χ1) is 8.13. The van der Waals surface area contributed by atoms with Crippen molar-refractivity contribution in [3.63, 3.8) is 0 Å². The number of rotatable bonds is 2. The van der Waals surface area contributed by atoms with Crippen molar-refractivity contribution in [1.29, 1.82) is 0 Å². The third-order valence-electron chi connectivity index (χ3n) is 2.50. The van der Waals surface area contributed by atoms with Crippen LogP contribution in [-0.2, 0) is 0 Å². The summed E-state index contributed by atoms with van der Waals surface area (Å²) in [5.74, 6) is 0. The van der Waals surface area contributed by atoms with Crippen molar-refractivity contribution in [2.24, 2.45) is 5.73 Å². The molecule has 17 heavy (non-hydrogen) atoms. The molecule has 0 radical (unpaired) electrons. The number of urea groups is 1. The maximum atomic E-state index is 11.6. The lowest BCUT2D eigenvalue weighted by Gasteiger charge is -2.29. The lowest BCUT2D eigenvalue weighted by atomic mass is 10.1. The predicted octanol–water partition coefficient (Wildman–Crippen LogP) is 1.37. The number of aromatic nitrogens is 1. The maximum Gasteiger partial charge on any atom is 0.335 e. The molecule has 2 heterocycles. The molecule has 2 rings (SSSR count). The Hall–Kier alpha value is -0.700. The summed E-state index contributed by atoms with van der Waals surface area (Å²) in [7, 11) is 0. The number of carbonyl (C=O) groups is 1. The molecule has 4 N–H and O–H groups in total. The number of hydrogen-bond acceptors (Lipinski definition) is 5. The van der Waals surface area contributed by atoms with Gasteiger partial charge in [-0.3, -0.25) is 10.7 Å². The van der Waals surface area contributed by atoms with Crippen LogP contribution in [0.2, 0.25) is 0 Å². The summed E-state index contributed by atoms with van der Waals surface area (Å²) in [5.41, 5.74) is 8.56. The number of nitrogens with zero attached hydrogens (tertiary/aromatic N) is 2. The molecule has 1 aliphatic rings. The Morgan fingerprint density at radius 1 is 1.59 bits per heavy atom. The predicted molar refractivity (Wildman–Crippen MR) is 70.8 cm³/mol. The Kier molecular flexibility index (Phi) is 4.32. The van der Waals surface area contributed by atoms with Gasteiger partial charge in [0, 0.05) is 19.1 Å². The fourth-order valence-corrected chi connectivity index (χ4v) is 2.69. The number of anilines is 1. The first kappa shape index (κ1) is 12.7. The third kappa shape index (κ3) is 3.91. The van der Waals surface area contributed by atoms with Crippen LogP contribution < -0.4 is 16.5 Å². The normalized spacial score (nSPS) is 18.0. The minimum absolute atomic E-state index is 0.256. The minimum atomic E-state index is -0.262. The van der Waals surface area contributed by atoms with E-state index in [0.29, 0.717) is 5.13 Å². The summed E-state index contributed by atoms with van der Waals surface area (Å²) in [4.78, 5) is 15.6. The smallest absolute Gasteiger partial charge is 0.328 e. The van der Waals surface area contributed by atoms with Crippen molar-refractivity contribution >= 4 is 38.4 Å². The monoisotopic (exact) mass is 319 g/mol. The highest BCUT2D eigenvalue weighted by molar-refractivity contribution is 9.11. The molecule has 0 aliphatic carbocycles. The van der Waals surface area contributed by atoms with Crippen LogP contribution >= 0.6 is 27.3 Å². The van der Waals surface area contributed by atoms with E-state index in [1.54, 1.807) is 6.20 Å². The molecule has 0 atom stereocenters. The fourth-order valence-electron chi connectivity index (χ4n) is 1.59. The fraction of sp³-hybridized carbons (Fsp3) is 0.556. The van der Waals surface area contributed by atoms with Gasteiger partial charge in [-0.2, -0.15) is 0 Å². The number of hydrogen-bond donors (Lipinski definition) is 3. The van der Waals surface area contributed by atoms with Crippen LogP contribution in [0, 0.1) is 0 Å². The molecule has 1 aromatic rings. The number of hydrazine groups is 1. The highest BCUT2D eigenvalue weighted by atomic mass is 79.9. The highest BCUT2D eigenvalue weighted by Gasteiger charge is 2.17. The second-order valence-electron chi connectivity index (χ2n) is 3.86. The second kappa shape index (κ2) is 5.76. The zero-order valence-electron chi connectivity index (χ0n) is 9.15. The molecule has 0 unspecified atom stereocenters. The van der Waals surface area contributed by atoms with Gasteiger partial charge in [0.1, 0.15) is 0 Å². The number of nitrogens with one attached hydrogen (secondary N) is 2. The van der Waals surface area contributed by atoms with E-state index in [1.165, 1.54) is 11.3 Å². The molecule has 6 nitrogen and oxygen atoms in total. The summed E-state index contributed by atoms with van der Waals surface area (Å²) >= 11 is 4.66. The lowest BCUT2D eigenvalue weighted by Crippen LogP contribution is -2.50. The molecule has 1 aromatic heterocycles.